The fraction of sp³-hybridized carbons (Fsp3) is 1.00. The summed E-state index contributed by atoms with van der Waals surface area (Å²) in [5, 5.41) is 9.96. The molecule has 0 aromatic rings. The van der Waals surface area contributed by atoms with Crippen molar-refractivity contribution < 1.29 is 19.3 Å². The van der Waals surface area contributed by atoms with Crippen molar-refractivity contribution in [3.63, 3.8) is 0 Å². The van der Waals surface area contributed by atoms with Gasteiger partial charge >= 0.3 is 0 Å². The summed E-state index contributed by atoms with van der Waals surface area (Å²) in [6, 6.07) is 0. The predicted octanol–water partition coefficient (Wildman–Crippen LogP) is 3.03. The van der Waals surface area contributed by atoms with Gasteiger partial charge in [-0.15, -0.1) is 0 Å². The van der Waals surface area contributed by atoms with Crippen molar-refractivity contribution in [3.05, 3.63) is 0 Å². The molecule has 0 amide bonds. The topological polar surface area (TPSA) is 47.9 Å². The summed E-state index contributed by atoms with van der Waals surface area (Å²) >= 11 is 0. The molecule has 0 radical (unpaired) electrons. The van der Waals surface area contributed by atoms with Crippen LogP contribution >= 0.6 is 0 Å². The van der Waals surface area contributed by atoms with Crippen LogP contribution in [0.4, 0.5) is 0 Å². The van der Waals surface area contributed by atoms with Crippen LogP contribution in [-0.4, -0.2) is 36.0 Å². The Hall–Kier alpha value is -0.160. The van der Waals surface area contributed by atoms with Crippen molar-refractivity contribution in [2.45, 2.75) is 78.4 Å². The molecular formula is C19H32O4. The van der Waals surface area contributed by atoms with Gasteiger partial charge in [-0.3, -0.25) is 0 Å². The van der Waals surface area contributed by atoms with E-state index in [1.54, 1.807) is 0 Å². The van der Waals surface area contributed by atoms with Crippen LogP contribution in [0.15, 0.2) is 0 Å². The molecule has 2 saturated carbocycles. The number of aliphatic hydroxyl groups excluding tert-OH is 1. The van der Waals surface area contributed by atoms with Gasteiger partial charge in [0.05, 0.1) is 18.3 Å². The molecule has 0 spiro atoms. The zero-order valence-electron chi connectivity index (χ0n) is 15.0. The smallest absolute Gasteiger partial charge is 0.161 e. The van der Waals surface area contributed by atoms with Gasteiger partial charge in [0.2, 0.25) is 0 Å². The standard InChI is InChI=1S/C19H32O4/c1-8-6-13-10(3)19(22-11(4)16(8)13)23-15-7-14-9(2)18(20)21-12(5)17(14)15/h8-20H,6-7H2,1-5H3. The second-order valence-electron chi connectivity index (χ2n) is 8.77. The van der Waals surface area contributed by atoms with E-state index in [4.69, 9.17) is 14.2 Å². The van der Waals surface area contributed by atoms with Gasteiger partial charge in [0.1, 0.15) is 0 Å². The first-order valence-electron chi connectivity index (χ1n) is 9.53. The average molecular weight is 324 g/mol. The quantitative estimate of drug-likeness (QED) is 0.848. The number of aliphatic hydroxyl groups is 1. The lowest BCUT2D eigenvalue weighted by Crippen LogP contribution is -2.61. The van der Waals surface area contributed by atoms with Gasteiger partial charge in [0.15, 0.2) is 12.6 Å². The lowest BCUT2D eigenvalue weighted by atomic mass is 9.57. The Kier molecular flexibility index (Phi) is 4.03. The fourth-order valence-corrected chi connectivity index (χ4v) is 5.97. The summed E-state index contributed by atoms with van der Waals surface area (Å²) in [6.45, 7) is 11.0. The van der Waals surface area contributed by atoms with Gasteiger partial charge in [-0.1, -0.05) is 20.8 Å². The van der Waals surface area contributed by atoms with Crippen LogP contribution in [0.25, 0.3) is 0 Å². The number of rotatable bonds is 2. The zero-order chi connectivity index (χ0) is 16.5. The van der Waals surface area contributed by atoms with Crippen LogP contribution in [0.3, 0.4) is 0 Å². The monoisotopic (exact) mass is 324 g/mol. The van der Waals surface area contributed by atoms with Gasteiger partial charge in [0, 0.05) is 17.8 Å². The number of hydrogen-bond donors (Lipinski definition) is 1. The van der Waals surface area contributed by atoms with Gasteiger partial charge in [-0.25, -0.2) is 0 Å². The lowest BCUT2D eigenvalue weighted by Gasteiger charge is -2.58. The van der Waals surface area contributed by atoms with Crippen LogP contribution in [0, 0.1) is 41.4 Å². The molecule has 0 aromatic carbocycles. The highest BCUT2D eigenvalue weighted by atomic mass is 16.7. The molecule has 4 nitrogen and oxygen atoms in total. The SMILES string of the molecule is CC1CC2C(C)C(OC3CC4C(C)C(O)OC(C)C34)OC(C)C12. The summed E-state index contributed by atoms with van der Waals surface area (Å²) in [5.41, 5.74) is 0. The Balaban J connectivity index is 1.40. The van der Waals surface area contributed by atoms with Crippen LogP contribution in [-0.2, 0) is 14.2 Å². The number of ether oxygens (including phenoxy) is 3. The largest absolute Gasteiger partial charge is 0.368 e. The summed E-state index contributed by atoms with van der Waals surface area (Å²) < 4.78 is 18.4. The normalized spacial score (nSPS) is 61.8. The Morgan fingerprint density at radius 3 is 2.17 bits per heavy atom. The minimum atomic E-state index is -0.616. The molecule has 2 saturated heterocycles. The Labute approximate surface area is 139 Å². The number of fused-ring (bicyclic) bond motifs is 2. The molecule has 2 aliphatic carbocycles. The molecule has 4 heteroatoms. The Morgan fingerprint density at radius 2 is 1.48 bits per heavy atom. The van der Waals surface area contributed by atoms with E-state index >= 15 is 0 Å². The van der Waals surface area contributed by atoms with E-state index in [2.05, 4.69) is 34.6 Å². The molecule has 132 valence electrons. The van der Waals surface area contributed by atoms with E-state index in [-0.39, 0.29) is 24.4 Å². The summed E-state index contributed by atoms with van der Waals surface area (Å²) in [7, 11) is 0. The van der Waals surface area contributed by atoms with Crippen molar-refractivity contribution >= 4 is 0 Å². The molecule has 12 unspecified atom stereocenters. The van der Waals surface area contributed by atoms with E-state index in [0.717, 1.165) is 18.3 Å². The Bertz CT molecular complexity index is 455. The van der Waals surface area contributed by atoms with Crippen LogP contribution in [0.2, 0.25) is 0 Å². The van der Waals surface area contributed by atoms with E-state index < -0.39 is 6.29 Å². The fourth-order valence-electron chi connectivity index (χ4n) is 5.97. The first kappa shape index (κ1) is 16.3. The summed E-state index contributed by atoms with van der Waals surface area (Å²) in [5.74, 6) is 3.87. The molecule has 0 bridgehead atoms. The third-order valence-corrected chi connectivity index (χ3v) is 7.55. The minimum absolute atomic E-state index is 0.0674. The van der Waals surface area contributed by atoms with E-state index in [1.807, 2.05) is 0 Å². The molecule has 2 aliphatic heterocycles. The van der Waals surface area contributed by atoms with Crippen molar-refractivity contribution in [1.82, 2.24) is 0 Å². The second kappa shape index (κ2) is 5.69. The first-order valence-corrected chi connectivity index (χ1v) is 9.53. The van der Waals surface area contributed by atoms with Crippen LogP contribution in [0.5, 0.6) is 0 Å². The molecule has 4 rings (SSSR count). The highest BCUT2D eigenvalue weighted by molar-refractivity contribution is 5.01. The zero-order valence-corrected chi connectivity index (χ0v) is 15.0. The molecule has 4 aliphatic rings. The van der Waals surface area contributed by atoms with Gasteiger partial charge in [-0.2, -0.15) is 0 Å². The molecule has 2 heterocycles. The van der Waals surface area contributed by atoms with Gasteiger partial charge in [0.25, 0.3) is 0 Å². The summed E-state index contributed by atoms with van der Waals surface area (Å²) in [6.07, 6.45) is 2.26. The highest BCUT2D eigenvalue weighted by Crippen LogP contribution is 2.54. The van der Waals surface area contributed by atoms with E-state index in [9.17, 15) is 5.11 Å². The molecular weight excluding hydrogens is 292 g/mol. The van der Waals surface area contributed by atoms with E-state index in [1.165, 1.54) is 6.42 Å². The molecule has 12 atom stereocenters. The third kappa shape index (κ3) is 2.40. The average Bonchev–Trinajstić information content (AvgIpc) is 2.43. The molecule has 0 aromatic heterocycles. The second-order valence-corrected chi connectivity index (χ2v) is 8.77. The van der Waals surface area contributed by atoms with Crippen LogP contribution in [0.1, 0.15) is 47.5 Å². The van der Waals surface area contributed by atoms with Crippen molar-refractivity contribution in [1.29, 1.82) is 0 Å². The minimum Gasteiger partial charge on any atom is -0.368 e. The predicted molar refractivity (Wildman–Crippen MR) is 86.4 cm³/mol. The van der Waals surface area contributed by atoms with Crippen molar-refractivity contribution in [3.8, 4) is 0 Å². The van der Waals surface area contributed by atoms with Crippen molar-refractivity contribution in [2.24, 2.45) is 41.4 Å². The van der Waals surface area contributed by atoms with E-state index in [0.29, 0.717) is 29.8 Å². The van der Waals surface area contributed by atoms with Gasteiger partial charge in [-0.05, 0) is 50.4 Å². The molecule has 1 N–H and O–H groups in total. The first-order chi connectivity index (χ1) is 10.9. The maximum atomic E-state index is 9.96. The Morgan fingerprint density at radius 1 is 0.826 bits per heavy atom. The maximum Gasteiger partial charge on any atom is 0.161 e. The van der Waals surface area contributed by atoms with Crippen LogP contribution < -0.4 is 0 Å². The number of hydrogen-bond acceptors (Lipinski definition) is 4. The highest BCUT2D eigenvalue weighted by Gasteiger charge is 2.56. The lowest BCUT2D eigenvalue weighted by molar-refractivity contribution is -0.336. The maximum absolute atomic E-state index is 9.96. The third-order valence-electron chi connectivity index (χ3n) is 7.55. The van der Waals surface area contributed by atoms with Crippen molar-refractivity contribution in [2.75, 3.05) is 0 Å². The summed E-state index contributed by atoms with van der Waals surface area (Å²) in [4.78, 5) is 0. The van der Waals surface area contributed by atoms with Gasteiger partial charge < -0.3 is 19.3 Å². The molecule has 4 fully saturated rings. The molecule has 23 heavy (non-hydrogen) atoms.